The first-order valence-corrected chi connectivity index (χ1v) is 30.6. The van der Waals surface area contributed by atoms with Gasteiger partial charge in [0.05, 0.1) is 18.8 Å². The molecule has 8 N–H and O–H groups in total. The van der Waals surface area contributed by atoms with Gasteiger partial charge in [0.2, 0.25) is 5.91 Å². The molecule has 1 amide bonds. The van der Waals surface area contributed by atoms with Crippen molar-refractivity contribution in [2.75, 3.05) is 6.61 Å². The fraction of sp³-hybridized carbons (Fsp3) is 0.946. The summed E-state index contributed by atoms with van der Waals surface area (Å²) >= 11 is 0. The van der Waals surface area contributed by atoms with Crippen LogP contribution in [0.15, 0.2) is 12.2 Å². The van der Waals surface area contributed by atoms with E-state index in [1.165, 1.54) is 212 Å². The molecule has 410 valence electrons. The zero-order chi connectivity index (χ0) is 50.6. The van der Waals surface area contributed by atoms with Crippen LogP contribution in [-0.2, 0) is 18.4 Å². The minimum absolute atomic E-state index is 0.219. The van der Waals surface area contributed by atoms with Gasteiger partial charge in [0, 0.05) is 6.42 Å². The van der Waals surface area contributed by atoms with Gasteiger partial charge in [-0.2, -0.15) is 0 Å². The van der Waals surface area contributed by atoms with Crippen LogP contribution in [-0.4, -0.2) is 96.8 Å². The van der Waals surface area contributed by atoms with Crippen LogP contribution in [0.2, 0.25) is 0 Å². The van der Waals surface area contributed by atoms with E-state index in [9.17, 15) is 44.9 Å². The monoisotopic (exact) mass is 1000 g/mol. The summed E-state index contributed by atoms with van der Waals surface area (Å²) in [6.45, 7) is 3.89. The molecule has 12 nitrogen and oxygen atoms in total. The Morgan fingerprint density at radius 1 is 0.478 bits per heavy atom. The highest BCUT2D eigenvalue weighted by molar-refractivity contribution is 7.47. The van der Waals surface area contributed by atoms with E-state index in [2.05, 4.69) is 19.2 Å². The zero-order valence-corrected chi connectivity index (χ0v) is 45.3. The van der Waals surface area contributed by atoms with E-state index in [1.54, 1.807) is 6.08 Å². The Labute approximate surface area is 422 Å². The number of aliphatic hydroxyl groups is 6. The number of allylic oxidation sites excluding steroid dienone is 1. The fourth-order valence-electron chi connectivity index (χ4n) is 9.61. The molecule has 1 saturated carbocycles. The third-order valence-electron chi connectivity index (χ3n) is 14.3. The average Bonchev–Trinajstić information content (AvgIpc) is 3.33. The standard InChI is InChI=1S/C56H110NO11P/c1-3-5-7-9-11-13-15-17-19-21-22-23-24-25-26-27-28-29-30-32-34-36-38-40-42-44-46-50(59)57-48(47-67-69(65,66)68-56-54(63)52(61)51(60)53(62)55(56)64)49(58)45-43-41-39-37-35-33-31-20-18-16-14-12-10-8-6-4-2/h43,45,48-49,51-56,58,60-64H,3-42,44,46-47H2,1-2H3,(H,57,59)(H,65,66)/b45-43+/t48-,49+,51?,52+,53?,54?,55?,56?/m0/s1. The van der Waals surface area contributed by atoms with Gasteiger partial charge < -0.3 is 40.8 Å². The van der Waals surface area contributed by atoms with Crippen LogP contribution in [0, 0.1) is 0 Å². The lowest BCUT2D eigenvalue weighted by molar-refractivity contribution is -0.220. The van der Waals surface area contributed by atoms with E-state index < -0.39 is 63.2 Å². The van der Waals surface area contributed by atoms with E-state index in [0.717, 1.165) is 44.9 Å². The fourth-order valence-corrected chi connectivity index (χ4v) is 10.6. The van der Waals surface area contributed by atoms with Gasteiger partial charge in [-0.15, -0.1) is 0 Å². The van der Waals surface area contributed by atoms with Crippen molar-refractivity contribution in [2.24, 2.45) is 0 Å². The minimum Gasteiger partial charge on any atom is -0.387 e. The molecule has 1 aliphatic carbocycles. The quantitative estimate of drug-likeness (QED) is 0.0163. The molecule has 0 saturated heterocycles. The Kier molecular flexibility index (Phi) is 43.8. The van der Waals surface area contributed by atoms with Crippen molar-refractivity contribution in [1.29, 1.82) is 0 Å². The molecule has 13 heteroatoms. The van der Waals surface area contributed by atoms with Gasteiger partial charge in [0.25, 0.3) is 0 Å². The van der Waals surface area contributed by atoms with E-state index in [0.29, 0.717) is 6.42 Å². The van der Waals surface area contributed by atoms with Crippen LogP contribution >= 0.6 is 7.82 Å². The van der Waals surface area contributed by atoms with Crippen LogP contribution in [0.4, 0.5) is 0 Å². The van der Waals surface area contributed by atoms with Crippen LogP contribution in [0.3, 0.4) is 0 Å². The van der Waals surface area contributed by atoms with Crippen molar-refractivity contribution < 1.29 is 53.9 Å². The minimum atomic E-state index is -5.08. The number of carbonyl (C=O) groups excluding carboxylic acids is 1. The van der Waals surface area contributed by atoms with Gasteiger partial charge in [0.1, 0.15) is 36.6 Å². The molecule has 0 bridgehead atoms. The molecule has 1 rings (SSSR count). The van der Waals surface area contributed by atoms with Crippen molar-refractivity contribution in [1.82, 2.24) is 5.32 Å². The SMILES string of the molecule is CCCCCCCCCCCCCCCC/C=C/[C@@H](O)[C@H](COP(=O)(O)OC1C(O)C(O)C(O)[C@@H](O)C1O)NC(=O)CCCCCCCCCCCCCCCCCCCCCCCCCCCC. The molecule has 0 aromatic rings. The first-order valence-electron chi connectivity index (χ1n) is 29.1. The molecular weight excluding hydrogens is 894 g/mol. The molecule has 9 atom stereocenters. The lowest BCUT2D eigenvalue weighted by atomic mass is 9.85. The summed E-state index contributed by atoms with van der Waals surface area (Å²) in [6.07, 6.45) is 42.9. The van der Waals surface area contributed by atoms with Crippen molar-refractivity contribution in [3.8, 4) is 0 Å². The third kappa shape index (κ3) is 36.6. The van der Waals surface area contributed by atoms with Crippen molar-refractivity contribution >= 4 is 13.7 Å². The molecule has 69 heavy (non-hydrogen) atoms. The molecule has 0 aromatic heterocycles. The van der Waals surface area contributed by atoms with E-state index in [1.807, 2.05) is 6.08 Å². The number of amides is 1. The van der Waals surface area contributed by atoms with Crippen LogP contribution in [0.1, 0.15) is 284 Å². The first kappa shape index (κ1) is 66.1. The highest BCUT2D eigenvalue weighted by Crippen LogP contribution is 2.47. The van der Waals surface area contributed by atoms with Gasteiger partial charge in [0.15, 0.2) is 0 Å². The van der Waals surface area contributed by atoms with Gasteiger partial charge in [-0.25, -0.2) is 4.57 Å². The molecule has 0 aromatic carbocycles. The second-order valence-corrected chi connectivity index (χ2v) is 22.3. The molecule has 6 unspecified atom stereocenters. The molecule has 1 fully saturated rings. The predicted octanol–water partition coefficient (Wildman–Crippen LogP) is 13.1. The molecule has 0 aliphatic heterocycles. The number of phosphoric ester groups is 1. The lowest BCUT2D eigenvalue weighted by Crippen LogP contribution is -2.64. The van der Waals surface area contributed by atoms with Gasteiger partial charge >= 0.3 is 7.82 Å². The third-order valence-corrected chi connectivity index (χ3v) is 15.3. The maximum atomic E-state index is 13.0. The lowest BCUT2D eigenvalue weighted by Gasteiger charge is -2.41. The average molecular weight is 1000 g/mol. The topological polar surface area (TPSA) is 206 Å². The number of hydrogen-bond donors (Lipinski definition) is 8. The summed E-state index contributed by atoms with van der Waals surface area (Å²) in [5.74, 6) is -0.334. The summed E-state index contributed by atoms with van der Waals surface area (Å²) in [5, 5.41) is 64.3. The maximum Gasteiger partial charge on any atom is 0.472 e. The Balaban J connectivity index is 2.31. The second-order valence-electron chi connectivity index (χ2n) is 20.9. The largest absolute Gasteiger partial charge is 0.472 e. The van der Waals surface area contributed by atoms with Gasteiger partial charge in [-0.05, 0) is 19.3 Å². The Morgan fingerprint density at radius 3 is 1.10 bits per heavy atom. The summed E-state index contributed by atoms with van der Waals surface area (Å²) in [4.78, 5) is 23.5. The molecular formula is C56H110NO11P. The number of aliphatic hydroxyl groups excluding tert-OH is 6. The summed E-state index contributed by atoms with van der Waals surface area (Å²) in [5.41, 5.74) is 0. The number of rotatable bonds is 50. The normalized spacial score (nSPS) is 21.5. The summed E-state index contributed by atoms with van der Waals surface area (Å²) < 4.78 is 23.0. The zero-order valence-electron chi connectivity index (χ0n) is 44.4. The smallest absolute Gasteiger partial charge is 0.387 e. The summed E-state index contributed by atoms with van der Waals surface area (Å²) in [6, 6.07) is -1.11. The number of hydrogen-bond acceptors (Lipinski definition) is 10. The number of carbonyl (C=O) groups is 1. The van der Waals surface area contributed by atoms with Crippen molar-refractivity contribution in [3.63, 3.8) is 0 Å². The maximum absolute atomic E-state index is 13.0. The molecule has 1 aliphatic rings. The number of unbranched alkanes of at least 4 members (excludes halogenated alkanes) is 39. The predicted molar refractivity (Wildman–Crippen MR) is 283 cm³/mol. The van der Waals surface area contributed by atoms with E-state index in [-0.39, 0.29) is 12.3 Å². The van der Waals surface area contributed by atoms with Crippen LogP contribution in [0.5, 0.6) is 0 Å². The van der Waals surface area contributed by atoms with E-state index in [4.69, 9.17) is 9.05 Å². The van der Waals surface area contributed by atoms with Gasteiger partial charge in [-0.1, -0.05) is 270 Å². The summed E-state index contributed by atoms with van der Waals surface area (Å²) in [7, 11) is -5.08. The van der Waals surface area contributed by atoms with Crippen LogP contribution in [0.25, 0.3) is 0 Å². The highest BCUT2D eigenvalue weighted by atomic mass is 31.2. The molecule has 0 radical (unpaired) electrons. The number of phosphoric acid groups is 1. The Bertz CT molecular complexity index is 1210. The second kappa shape index (κ2) is 45.7. The first-order chi connectivity index (χ1) is 33.4. The van der Waals surface area contributed by atoms with E-state index >= 15 is 0 Å². The number of nitrogens with one attached hydrogen (secondary N) is 1. The molecule has 0 heterocycles. The van der Waals surface area contributed by atoms with Crippen LogP contribution < -0.4 is 5.32 Å². The van der Waals surface area contributed by atoms with Crippen molar-refractivity contribution in [3.05, 3.63) is 12.2 Å². The molecule has 0 spiro atoms. The highest BCUT2D eigenvalue weighted by Gasteiger charge is 2.51. The Hall–Kier alpha value is -0.920. The van der Waals surface area contributed by atoms with Crippen molar-refractivity contribution in [2.45, 2.75) is 332 Å². The Morgan fingerprint density at radius 2 is 0.768 bits per heavy atom. The van der Waals surface area contributed by atoms with Gasteiger partial charge in [-0.3, -0.25) is 13.8 Å².